The molecule has 5 nitrogen and oxygen atoms in total. The number of amides is 2. The SMILES string of the molecule is CC(=O)NCCNC(=O)c1cc(C)n(-c2cccc(C)c2)c1C. The number of rotatable bonds is 5. The molecule has 0 bridgehead atoms. The summed E-state index contributed by atoms with van der Waals surface area (Å²) in [6.07, 6.45) is 0. The zero-order valence-electron chi connectivity index (χ0n) is 14.1. The second-order valence-electron chi connectivity index (χ2n) is 5.70. The third-order valence-corrected chi connectivity index (χ3v) is 3.72. The van der Waals surface area contributed by atoms with Crippen LogP contribution >= 0.6 is 0 Å². The van der Waals surface area contributed by atoms with E-state index in [1.807, 2.05) is 45.0 Å². The van der Waals surface area contributed by atoms with E-state index in [2.05, 4.69) is 21.3 Å². The Hall–Kier alpha value is -2.56. The Morgan fingerprint density at radius 2 is 1.74 bits per heavy atom. The first-order valence-corrected chi connectivity index (χ1v) is 7.68. The van der Waals surface area contributed by atoms with Gasteiger partial charge in [0.05, 0.1) is 5.56 Å². The molecule has 0 radical (unpaired) electrons. The number of nitrogens with one attached hydrogen (secondary N) is 2. The average molecular weight is 313 g/mol. The lowest BCUT2D eigenvalue weighted by Gasteiger charge is -2.11. The molecule has 2 rings (SSSR count). The van der Waals surface area contributed by atoms with Gasteiger partial charge in [0.25, 0.3) is 5.91 Å². The molecule has 0 atom stereocenters. The van der Waals surface area contributed by atoms with Crippen LogP contribution in [0.5, 0.6) is 0 Å². The van der Waals surface area contributed by atoms with Crippen LogP contribution in [-0.4, -0.2) is 29.5 Å². The van der Waals surface area contributed by atoms with E-state index < -0.39 is 0 Å². The molecule has 1 aromatic heterocycles. The van der Waals surface area contributed by atoms with Gasteiger partial charge in [0.2, 0.25) is 5.91 Å². The first-order chi connectivity index (χ1) is 10.9. The van der Waals surface area contributed by atoms with Crippen molar-refractivity contribution in [2.45, 2.75) is 27.7 Å². The fraction of sp³-hybridized carbons (Fsp3) is 0.333. The van der Waals surface area contributed by atoms with Gasteiger partial charge in [-0.25, -0.2) is 0 Å². The minimum absolute atomic E-state index is 0.100. The normalized spacial score (nSPS) is 10.4. The fourth-order valence-electron chi connectivity index (χ4n) is 2.67. The Kier molecular flexibility index (Phi) is 5.21. The second-order valence-corrected chi connectivity index (χ2v) is 5.70. The van der Waals surface area contributed by atoms with Crippen molar-refractivity contribution in [3.8, 4) is 5.69 Å². The van der Waals surface area contributed by atoms with E-state index in [0.29, 0.717) is 18.7 Å². The number of benzene rings is 1. The molecule has 122 valence electrons. The van der Waals surface area contributed by atoms with Gasteiger partial charge in [0.15, 0.2) is 0 Å². The average Bonchev–Trinajstić information content (AvgIpc) is 2.78. The van der Waals surface area contributed by atoms with Crippen molar-refractivity contribution in [3.05, 3.63) is 52.8 Å². The lowest BCUT2D eigenvalue weighted by molar-refractivity contribution is -0.118. The van der Waals surface area contributed by atoms with Gasteiger partial charge in [-0.3, -0.25) is 9.59 Å². The molecular formula is C18H23N3O2. The number of carbonyl (C=O) groups is 2. The highest BCUT2D eigenvalue weighted by Crippen LogP contribution is 2.21. The van der Waals surface area contributed by atoms with E-state index in [4.69, 9.17) is 0 Å². The predicted octanol–water partition coefficient (Wildman–Crippen LogP) is 2.27. The van der Waals surface area contributed by atoms with Crippen LogP contribution in [0.4, 0.5) is 0 Å². The molecule has 0 spiro atoms. The van der Waals surface area contributed by atoms with Crippen LogP contribution in [0.3, 0.4) is 0 Å². The molecule has 2 aromatic rings. The van der Waals surface area contributed by atoms with E-state index in [9.17, 15) is 9.59 Å². The van der Waals surface area contributed by atoms with Crippen LogP contribution in [0.2, 0.25) is 0 Å². The van der Waals surface area contributed by atoms with Crippen LogP contribution in [0.25, 0.3) is 5.69 Å². The molecule has 0 aliphatic carbocycles. The number of hydrogen-bond acceptors (Lipinski definition) is 2. The zero-order chi connectivity index (χ0) is 17.0. The van der Waals surface area contributed by atoms with Crippen molar-refractivity contribution < 1.29 is 9.59 Å². The van der Waals surface area contributed by atoms with Gasteiger partial charge in [0, 0.05) is 37.1 Å². The Bertz CT molecular complexity index is 732. The summed E-state index contributed by atoms with van der Waals surface area (Å²) < 4.78 is 2.08. The summed E-state index contributed by atoms with van der Waals surface area (Å²) in [6, 6.07) is 10.1. The Balaban J connectivity index is 2.17. The van der Waals surface area contributed by atoms with Gasteiger partial charge in [-0.1, -0.05) is 12.1 Å². The van der Waals surface area contributed by atoms with Crippen molar-refractivity contribution >= 4 is 11.8 Å². The van der Waals surface area contributed by atoms with Gasteiger partial charge in [0.1, 0.15) is 0 Å². The highest BCUT2D eigenvalue weighted by atomic mass is 16.2. The monoisotopic (exact) mass is 313 g/mol. The molecule has 0 saturated heterocycles. The Morgan fingerprint density at radius 3 is 2.39 bits per heavy atom. The quantitative estimate of drug-likeness (QED) is 0.832. The van der Waals surface area contributed by atoms with Gasteiger partial charge in [-0.2, -0.15) is 0 Å². The molecule has 1 heterocycles. The molecule has 0 aliphatic rings. The summed E-state index contributed by atoms with van der Waals surface area (Å²) in [5.74, 6) is -0.223. The van der Waals surface area contributed by atoms with Crippen molar-refractivity contribution in [2.24, 2.45) is 0 Å². The Morgan fingerprint density at radius 1 is 1.04 bits per heavy atom. The van der Waals surface area contributed by atoms with E-state index in [1.165, 1.54) is 12.5 Å². The van der Waals surface area contributed by atoms with E-state index >= 15 is 0 Å². The molecular weight excluding hydrogens is 290 g/mol. The zero-order valence-corrected chi connectivity index (χ0v) is 14.1. The maximum atomic E-state index is 12.3. The highest BCUT2D eigenvalue weighted by Gasteiger charge is 2.16. The number of carbonyl (C=O) groups excluding carboxylic acids is 2. The molecule has 5 heteroatoms. The molecule has 0 aliphatic heterocycles. The molecule has 0 fully saturated rings. The molecule has 2 N–H and O–H groups in total. The van der Waals surface area contributed by atoms with Crippen LogP contribution in [0, 0.1) is 20.8 Å². The first kappa shape index (κ1) is 16.8. The summed E-state index contributed by atoms with van der Waals surface area (Å²) in [5, 5.41) is 5.49. The fourth-order valence-corrected chi connectivity index (χ4v) is 2.67. The number of aryl methyl sites for hydroxylation is 2. The lowest BCUT2D eigenvalue weighted by Crippen LogP contribution is -2.33. The maximum Gasteiger partial charge on any atom is 0.253 e. The molecule has 1 aromatic carbocycles. The van der Waals surface area contributed by atoms with Crippen LogP contribution in [0.15, 0.2) is 30.3 Å². The minimum atomic E-state index is -0.123. The maximum absolute atomic E-state index is 12.3. The number of nitrogens with zero attached hydrogens (tertiary/aromatic N) is 1. The van der Waals surface area contributed by atoms with Crippen molar-refractivity contribution in [1.82, 2.24) is 15.2 Å². The molecule has 23 heavy (non-hydrogen) atoms. The largest absolute Gasteiger partial charge is 0.355 e. The van der Waals surface area contributed by atoms with Crippen LogP contribution in [0.1, 0.15) is 34.2 Å². The summed E-state index contributed by atoms with van der Waals surface area (Å²) in [5.41, 5.74) is 4.81. The van der Waals surface area contributed by atoms with Gasteiger partial charge < -0.3 is 15.2 Å². The van der Waals surface area contributed by atoms with Crippen LogP contribution < -0.4 is 10.6 Å². The van der Waals surface area contributed by atoms with Gasteiger partial charge >= 0.3 is 0 Å². The standard InChI is InChI=1S/C18H23N3O2/c1-12-6-5-7-16(10-12)21-13(2)11-17(14(21)3)18(23)20-9-8-19-15(4)22/h5-7,10-11H,8-9H2,1-4H3,(H,19,22)(H,20,23). The summed E-state index contributed by atoms with van der Waals surface area (Å²) in [7, 11) is 0. The predicted molar refractivity (Wildman–Crippen MR) is 91.0 cm³/mol. The third kappa shape index (κ3) is 4.00. The summed E-state index contributed by atoms with van der Waals surface area (Å²) in [4.78, 5) is 23.2. The van der Waals surface area contributed by atoms with E-state index in [0.717, 1.165) is 17.1 Å². The first-order valence-electron chi connectivity index (χ1n) is 7.68. The van der Waals surface area contributed by atoms with E-state index in [-0.39, 0.29) is 11.8 Å². The van der Waals surface area contributed by atoms with Gasteiger partial charge in [-0.05, 0) is 44.5 Å². The molecule has 0 saturated carbocycles. The van der Waals surface area contributed by atoms with Crippen molar-refractivity contribution in [2.75, 3.05) is 13.1 Å². The van der Waals surface area contributed by atoms with Crippen molar-refractivity contribution in [3.63, 3.8) is 0 Å². The highest BCUT2D eigenvalue weighted by molar-refractivity contribution is 5.96. The van der Waals surface area contributed by atoms with Crippen molar-refractivity contribution in [1.29, 1.82) is 0 Å². The topological polar surface area (TPSA) is 63.1 Å². The van der Waals surface area contributed by atoms with E-state index in [1.54, 1.807) is 0 Å². The summed E-state index contributed by atoms with van der Waals surface area (Å²) >= 11 is 0. The minimum Gasteiger partial charge on any atom is -0.355 e. The number of aromatic nitrogens is 1. The van der Waals surface area contributed by atoms with Crippen LogP contribution in [-0.2, 0) is 4.79 Å². The van der Waals surface area contributed by atoms with Gasteiger partial charge in [-0.15, -0.1) is 0 Å². The second kappa shape index (κ2) is 7.13. The number of hydrogen-bond donors (Lipinski definition) is 2. The third-order valence-electron chi connectivity index (χ3n) is 3.72. The molecule has 0 unspecified atom stereocenters. The smallest absolute Gasteiger partial charge is 0.253 e. The lowest BCUT2D eigenvalue weighted by atomic mass is 10.2. The summed E-state index contributed by atoms with van der Waals surface area (Å²) in [6.45, 7) is 8.27. The Labute approximate surface area is 136 Å². The molecule has 2 amide bonds.